The van der Waals surface area contributed by atoms with E-state index in [2.05, 4.69) is 4.90 Å². The normalized spacial score (nSPS) is 27.5. The summed E-state index contributed by atoms with van der Waals surface area (Å²) in [5.74, 6) is 0.743. The summed E-state index contributed by atoms with van der Waals surface area (Å²) in [4.78, 5) is 29.8. The zero-order chi connectivity index (χ0) is 17.4. The first kappa shape index (κ1) is 16.5. The second kappa shape index (κ2) is 6.39. The predicted molar refractivity (Wildman–Crippen MR) is 91.4 cm³/mol. The van der Waals surface area contributed by atoms with E-state index < -0.39 is 0 Å². The molecule has 3 aliphatic rings. The van der Waals surface area contributed by atoms with Gasteiger partial charge in [-0.2, -0.15) is 0 Å². The third-order valence-electron chi connectivity index (χ3n) is 6.17. The van der Waals surface area contributed by atoms with Gasteiger partial charge >= 0.3 is 0 Å². The SMILES string of the molecule is COc1ccc(C(=O)N2CC[C@]3(CCCN(C4CCCC4)C3=O)C2)o1. The Morgan fingerprint density at radius 3 is 2.72 bits per heavy atom. The van der Waals surface area contributed by atoms with Crippen LogP contribution in [-0.2, 0) is 4.79 Å². The number of hydrogen-bond donors (Lipinski definition) is 0. The van der Waals surface area contributed by atoms with Gasteiger partial charge in [-0.1, -0.05) is 12.8 Å². The first-order valence-electron chi connectivity index (χ1n) is 9.37. The molecular formula is C19H26N2O4. The zero-order valence-electron chi connectivity index (χ0n) is 14.8. The van der Waals surface area contributed by atoms with Crippen molar-refractivity contribution in [2.45, 2.75) is 51.0 Å². The average Bonchev–Trinajstić information content (AvgIpc) is 3.38. The third kappa shape index (κ3) is 2.81. The second-order valence-corrected chi connectivity index (χ2v) is 7.62. The van der Waals surface area contributed by atoms with Crippen LogP contribution in [0.4, 0.5) is 0 Å². The van der Waals surface area contributed by atoms with Gasteiger partial charge in [0, 0.05) is 31.7 Å². The first-order chi connectivity index (χ1) is 12.1. The lowest BCUT2D eigenvalue weighted by atomic mass is 9.77. The third-order valence-corrected chi connectivity index (χ3v) is 6.17. The number of rotatable bonds is 3. The number of amides is 2. The van der Waals surface area contributed by atoms with Gasteiger partial charge in [-0.15, -0.1) is 0 Å². The van der Waals surface area contributed by atoms with E-state index in [0.717, 1.165) is 38.6 Å². The molecule has 0 N–H and O–H groups in total. The molecule has 0 bridgehead atoms. The van der Waals surface area contributed by atoms with Crippen molar-refractivity contribution >= 4 is 11.8 Å². The minimum atomic E-state index is -0.382. The fourth-order valence-corrected chi connectivity index (χ4v) is 4.79. The van der Waals surface area contributed by atoms with Crippen LogP contribution in [0.25, 0.3) is 0 Å². The quantitative estimate of drug-likeness (QED) is 0.844. The van der Waals surface area contributed by atoms with Gasteiger partial charge in [0.05, 0.1) is 12.5 Å². The Kier molecular flexibility index (Phi) is 4.21. The number of piperidine rings is 1. The van der Waals surface area contributed by atoms with Crippen molar-refractivity contribution in [1.29, 1.82) is 0 Å². The van der Waals surface area contributed by atoms with Crippen molar-refractivity contribution in [1.82, 2.24) is 9.80 Å². The lowest BCUT2D eigenvalue weighted by Crippen LogP contribution is -2.53. The lowest BCUT2D eigenvalue weighted by Gasteiger charge is -2.42. The minimum Gasteiger partial charge on any atom is -0.468 e. The molecule has 1 atom stereocenters. The van der Waals surface area contributed by atoms with E-state index in [1.165, 1.54) is 20.0 Å². The molecule has 25 heavy (non-hydrogen) atoms. The van der Waals surface area contributed by atoms with Gasteiger partial charge in [0.15, 0.2) is 5.76 Å². The number of hydrogen-bond acceptors (Lipinski definition) is 4. The number of nitrogens with zero attached hydrogens (tertiary/aromatic N) is 2. The average molecular weight is 346 g/mol. The van der Waals surface area contributed by atoms with Gasteiger partial charge in [0.1, 0.15) is 0 Å². The topological polar surface area (TPSA) is 63.0 Å². The van der Waals surface area contributed by atoms with Crippen molar-refractivity contribution in [3.63, 3.8) is 0 Å². The Labute approximate surface area is 148 Å². The highest BCUT2D eigenvalue weighted by Gasteiger charge is 2.51. The molecule has 6 heteroatoms. The smallest absolute Gasteiger partial charge is 0.289 e. The molecule has 136 valence electrons. The Morgan fingerprint density at radius 2 is 2.00 bits per heavy atom. The molecule has 4 rings (SSSR count). The number of carbonyl (C=O) groups excluding carboxylic acids is 2. The summed E-state index contributed by atoms with van der Waals surface area (Å²) in [6, 6.07) is 3.70. The van der Waals surface area contributed by atoms with E-state index in [1.54, 1.807) is 17.0 Å². The highest BCUT2D eigenvalue weighted by Crippen LogP contribution is 2.42. The van der Waals surface area contributed by atoms with E-state index >= 15 is 0 Å². The van der Waals surface area contributed by atoms with Crippen LogP contribution < -0.4 is 4.74 Å². The van der Waals surface area contributed by atoms with Crippen LogP contribution in [-0.4, -0.2) is 54.4 Å². The van der Waals surface area contributed by atoms with Crippen LogP contribution in [0.3, 0.4) is 0 Å². The predicted octanol–water partition coefficient (Wildman–Crippen LogP) is 2.69. The van der Waals surface area contributed by atoms with Crippen LogP contribution in [0, 0.1) is 5.41 Å². The van der Waals surface area contributed by atoms with E-state index in [1.807, 2.05) is 0 Å². The van der Waals surface area contributed by atoms with Gasteiger partial charge in [0.25, 0.3) is 11.9 Å². The first-order valence-corrected chi connectivity index (χ1v) is 9.37. The highest BCUT2D eigenvalue weighted by molar-refractivity contribution is 5.93. The maximum absolute atomic E-state index is 13.2. The Hall–Kier alpha value is -1.98. The molecule has 3 heterocycles. The summed E-state index contributed by atoms with van der Waals surface area (Å²) >= 11 is 0. The number of methoxy groups -OCH3 is 1. The largest absolute Gasteiger partial charge is 0.468 e. The molecule has 1 aromatic heterocycles. The van der Waals surface area contributed by atoms with Crippen molar-refractivity contribution in [3.8, 4) is 5.95 Å². The Bertz CT molecular complexity index is 664. The zero-order valence-corrected chi connectivity index (χ0v) is 14.8. The van der Waals surface area contributed by atoms with Gasteiger partial charge in [-0.3, -0.25) is 9.59 Å². The summed E-state index contributed by atoms with van der Waals surface area (Å²) in [6.07, 6.45) is 7.42. The number of carbonyl (C=O) groups is 2. The monoisotopic (exact) mass is 346 g/mol. The molecule has 1 spiro atoms. The molecule has 0 radical (unpaired) electrons. The summed E-state index contributed by atoms with van der Waals surface area (Å²) in [5.41, 5.74) is -0.382. The fraction of sp³-hybridized carbons (Fsp3) is 0.684. The highest BCUT2D eigenvalue weighted by atomic mass is 16.6. The molecule has 0 unspecified atom stereocenters. The standard InChI is InChI=1S/C19H26N2O4/c1-24-16-8-7-15(25-16)17(22)20-12-10-19(13-20)9-4-11-21(18(19)23)14-5-2-3-6-14/h7-8,14H,2-6,9-13H2,1H3/t19-/m1/s1. The molecule has 3 fully saturated rings. The molecule has 1 saturated carbocycles. The van der Waals surface area contributed by atoms with Crippen LogP contribution in [0.15, 0.2) is 16.5 Å². The lowest BCUT2D eigenvalue weighted by molar-refractivity contribution is -0.148. The van der Waals surface area contributed by atoms with E-state index in [0.29, 0.717) is 25.1 Å². The number of furan rings is 1. The summed E-state index contributed by atoms with van der Waals surface area (Å²) in [5, 5.41) is 0. The Morgan fingerprint density at radius 1 is 1.20 bits per heavy atom. The van der Waals surface area contributed by atoms with E-state index in [-0.39, 0.29) is 23.0 Å². The van der Waals surface area contributed by atoms with Crippen molar-refractivity contribution in [3.05, 3.63) is 17.9 Å². The molecule has 1 aromatic rings. The van der Waals surface area contributed by atoms with Gasteiger partial charge in [-0.25, -0.2) is 0 Å². The van der Waals surface area contributed by atoms with Crippen molar-refractivity contribution in [2.75, 3.05) is 26.7 Å². The van der Waals surface area contributed by atoms with Crippen LogP contribution in [0.2, 0.25) is 0 Å². The van der Waals surface area contributed by atoms with Gasteiger partial charge in [-0.05, 0) is 38.2 Å². The maximum atomic E-state index is 13.2. The van der Waals surface area contributed by atoms with Crippen LogP contribution in [0.1, 0.15) is 55.5 Å². The molecule has 1 aliphatic carbocycles. The van der Waals surface area contributed by atoms with Crippen LogP contribution >= 0.6 is 0 Å². The summed E-state index contributed by atoms with van der Waals surface area (Å²) < 4.78 is 10.4. The van der Waals surface area contributed by atoms with Gasteiger partial charge < -0.3 is 19.0 Å². The molecular weight excluding hydrogens is 320 g/mol. The molecule has 6 nitrogen and oxygen atoms in total. The summed E-state index contributed by atoms with van der Waals surface area (Å²) in [6.45, 7) is 2.01. The van der Waals surface area contributed by atoms with E-state index in [4.69, 9.17) is 9.15 Å². The molecule has 2 aliphatic heterocycles. The number of likely N-dealkylation sites (tertiary alicyclic amines) is 2. The maximum Gasteiger partial charge on any atom is 0.289 e. The summed E-state index contributed by atoms with van der Waals surface area (Å²) in [7, 11) is 1.51. The Balaban J connectivity index is 1.48. The minimum absolute atomic E-state index is 0.147. The van der Waals surface area contributed by atoms with Crippen LogP contribution in [0.5, 0.6) is 5.95 Å². The molecule has 2 amide bonds. The van der Waals surface area contributed by atoms with Crippen molar-refractivity contribution < 1.29 is 18.7 Å². The molecule has 0 aromatic carbocycles. The van der Waals surface area contributed by atoms with E-state index in [9.17, 15) is 9.59 Å². The molecule has 2 saturated heterocycles. The fourth-order valence-electron chi connectivity index (χ4n) is 4.79. The number of ether oxygens (including phenoxy) is 1. The van der Waals surface area contributed by atoms with Gasteiger partial charge in [0.2, 0.25) is 5.91 Å². The van der Waals surface area contributed by atoms with Crippen molar-refractivity contribution in [2.24, 2.45) is 5.41 Å². The second-order valence-electron chi connectivity index (χ2n) is 7.62.